The standard InChI is InChI=1S/C19H21N5O/c1-14-18(21-20-15-10-12-16(13-11-15)22(2)3)19(25)24(23(14)4)17-8-6-5-7-9-17/h5-13H,1-4H3. The number of hydrogen-bond donors (Lipinski definition) is 0. The average molecular weight is 335 g/mol. The summed E-state index contributed by atoms with van der Waals surface area (Å²) in [6, 6.07) is 17.2. The Kier molecular flexibility index (Phi) is 4.52. The smallest absolute Gasteiger partial charge is 0.299 e. The molecule has 0 radical (unpaired) electrons. The highest BCUT2D eigenvalue weighted by Crippen LogP contribution is 2.22. The first kappa shape index (κ1) is 16.7. The van der Waals surface area contributed by atoms with E-state index in [0.29, 0.717) is 11.4 Å². The fourth-order valence-corrected chi connectivity index (χ4v) is 2.59. The molecule has 0 aliphatic carbocycles. The maximum Gasteiger partial charge on any atom is 0.299 e. The molecule has 3 rings (SSSR count). The van der Waals surface area contributed by atoms with Gasteiger partial charge in [-0.2, -0.15) is 5.11 Å². The molecular weight excluding hydrogens is 314 g/mol. The van der Waals surface area contributed by atoms with Gasteiger partial charge < -0.3 is 4.90 Å². The van der Waals surface area contributed by atoms with Crippen molar-refractivity contribution in [3.63, 3.8) is 0 Å². The summed E-state index contributed by atoms with van der Waals surface area (Å²) in [7, 11) is 5.81. The van der Waals surface area contributed by atoms with Crippen LogP contribution in [0.3, 0.4) is 0 Å². The lowest BCUT2D eigenvalue weighted by Crippen LogP contribution is -2.19. The minimum absolute atomic E-state index is 0.181. The summed E-state index contributed by atoms with van der Waals surface area (Å²) in [5.41, 5.74) is 3.53. The number of rotatable bonds is 4. The van der Waals surface area contributed by atoms with Crippen molar-refractivity contribution in [2.24, 2.45) is 17.3 Å². The molecule has 1 aromatic heterocycles. The van der Waals surface area contributed by atoms with E-state index in [2.05, 4.69) is 10.2 Å². The Morgan fingerprint density at radius 1 is 0.920 bits per heavy atom. The van der Waals surface area contributed by atoms with Gasteiger partial charge in [0.25, 0.3) is 5.56 Å². The van der Waals surface area contributed by atoms with Crippen molar-refractivity contribution in [2.75, 3.05) is 19.0 Å². The third kappa shape index (κ3) is 3.24. The lowest BCUT2D eigenvalue weighted by molar-refractivity contribution is 0.630. The van der Waals surface area contributed by atoms with E-state index in [0.717, 1.165) is 17.1 Å². The Balaban J connectivity index is 1.97. The molecule has 3 aromatic rings. The topological polar surface area (TPSA) is 54.9 Å². The molecule has 0 saturated heterocycles. The van der Waals surface area contributed by atoms with Crippen molar-refractivity contribution in [1.82, 2.24) is 9.36 Å². The number of anilines is 1. The van der Waals surface area contributed by atoms with Crippen LogP contribution >= 0.6 is 0 Å². The molecule has 0 aliphatic rings. The number of azo groups is 1. The molecule has 128 valence electrons. The fraction of sp³-hybridized carbons (Fsp3) is 0.211. The second-order valence-electron chi connectivity index (χ2n) is 6.02. The summed E-state index contributed by atoms with van der Waals surface area (Å²) in [4.78, 5) is 14.8. The number of aromatic nitrogens is 2. The molecule has 0 atom stereocenters. The second-order valence-corrected chi connectivity index (χ2v) is 6.02. The molecule has 0 amide bonds. The van der Waals surface area contributed by atoms with Crippen LogP contribution in [0.4, 0.5) is 17.1 Å². The number of nitrogens with zero attached hydrogens (tertiary/aromatic N) is 5. The third-order valence-corrected chi connectivity index (χ3v) is 4.16. The van der Waals surface area contributed by atoms with Gasteiger partial charge in [0.05, 0.1) is 17.1 Å². The maximum atomic E-state index is 12.8. The summed E-state index contributed by atoms with van der Waals surface area (Å²) < 4.78 is 3.39. The first-order chi connectivity index (χ1) is 12.0. The highest BCUT2D eigenvalue weighted by atomic mass is 16.1. The minimum Gasteiger partial charge on any atom is -0.378 e. The largest absolute Gasteiger partial charge is 0.378 e. The Morgan fingerprint density at radius 3 is 2.16 bits per heavy atom. The maximum absolute atomic E-state index is 12.8. The number of benzene rings is 2. The monoisotopic (exact) mass is 335 g/mol. The summed E-state index contributed by atoms with van der Waals surface area (Å²) >= 11 is 0. The molecule has 1 heterocycles. The third-order valence-electron chi connectivity index (χ3n) is 4.16. The molecule has 0 aliphatic heterocycles. The van der Waals surface area contributed by atoms with Crippen molar-refractivity contribution < 1.29 is 0 Å². The van der Waals surface area contributed by atoms with Gasteiger partial charge in [-0.3, -0.25) is 9.48 Å². The first-order valence-corrected chi connectivity index (χ1v) is 8.02. The lowest BCUT2D eigenvalue weighted by atomic mass is 10.3. The van der Waals surface area contributed by atoms with Crippen LogP contribution < -0.4 is 10.5 Å². The van der Waals surface area contributed by atoms with Crippen LogP contribution in [0.1, 0.15) is 5.69 Å². The van der Waals surface area contributed by atoms with Crippen LogP contribution in [0.25, 0.3) is 5.69 Å². The van der Waals surface area contributed by atoms with Crippen LogP contribution in [-0.4, -0.2) is 23.5 Å². The van der Waals surface area contributed by atoms with Crippen LogP contribution in [0.15, 0.2) is 69.6 Å². The van der Waals surface area contributed by atoms with Crippen molar-refractivity contribution in [2.45, 2.75) is 6.92 Å². The zero-order chi connectivity index (χ0) is 18.0. The van der Waals surface area contributed by atoms with Crippen LogP contribution in [0, 0.1) is 6.92 Å². The van der Waals surface area contributed by atoms with Crippen molar-refractivity contribution in [3.8, 4) is 5.69 Å². The lowest BCUT2D eigenvalue weighted by Gasteiger charge is -2.11. The van der Waals surface area contributed by atoms with Crippen molar-refractivity contribution in [1.29, 1.82) is 0 Å². The molecule has 0 unspecified atom stereocenters. The summed E-state index contributed by atoms with van der Waals surface area (Å²) in [6.45, 7) is 1.87. The van der Waals surface area contributed by atoms with Gasteiger partial charge in [0.1, 0.15) is 0 Å². The second kappa shape index (κ2) is 6.76. The predicted molar refractivity (Wildman–Crippen MR) is 101 cm³/mol. The SMILES string of the molecule is Cc1c(N=Nc2ccc(N(C)C)cc2)c(=O)n(-c2ccccc2)n1C. The van der Waals surface area contributed by atoms with Gasteiger partial charge in [0.15, 0.2) is 5.69 Å². The van der Waals surface area contributed by atoms with E-state index in [-0.39, 0.29) is 5.56 Å². The fourth-order valence-electron chi connectivity index (χ4n) is 2.59. The van der Waals surface area contributed by atoms with E-state index < -0.39 is 0 Å². The molecule has 0 bridgehead atoms. The molecule has 0 spiro atoms. The molecule has 0 N–H and O–H groups in total. The Morgan fingerprint density at radius 2 is 1.56 bits per heavy atom. The van der Waals surface area contributed by atoms with Crippen molar-refractivity contribution in [3.05, 3.63) is 70.6 Å². The highest BCUT2D eigenvalue weighted by Gasteiger charge is 2.15. The van der Waals surface area contributed by atoms with E-state index in [9.17, 15) is 4.79 Å². The van der Waals surface area contributed by atoms with E-state index >= 15 is 0 Å². The van der Waals surface area contributed by atoms with E-state index in [1.54, 1.807) is 9.36 Å². The quantitative estimate of drug-likeness (QED) is 0.678. The number of para-hydroxylation sites is 1. The van der Waals surface area contributed by atoms with Gasteiger partial charge in [-0.05, 0) is 43.3 Å². The Labute approximate surface area is 146 Å². The van der Waals surface area contributed by atoms with Crippen LogP contribution in [0.2, 0.25) is 0 Å². The van der Waals surface area contributed by atoms with Gasteiger partial charge >= 0.3 is 0 Å². The average Bonchev–Trinajstić information content (AvgIpc) is 2.83. The molecule has 2 aromatic carbocycles. The normalized spacial score (nSPS) is 11.2. The summed E-state index contributed by atoms with van der Waals surface area (Å²) in [6.07, 6.45) is 0. The zero-order valence-electron chi connectivity index (χ0n) is 14.8. The van der Waals surface area contributed by atoms with Gasteiger partial charge in [-0.25, -0.2) is 4.68 Å². The number of hydrogen-bond acceptors (Lipinski definition) is 4. The zero-order valence-corrected chi connectivity index (χ0v) is 14.8. The molecule has 25 heavy (non-hydrogen) atoms. The molecule has 0 fully saturated rings. The van der Waals surface area contributed by atoms with Gasteiger partial charge in [0, 0.05) is 26.8 Å². The Bertz CT molecular complexity index is 950. The molecular formula is C19H21N5O. The Hall–Kier alpha value is -3.15. The highest BCUT2D eigenvalue weighted by molar-refractivity contribution is 5.52. The minimum atomic E-state index is -0.181. The van der Waals surface area contributed by atoms with Gasteiger partial charge in [0.2, 0.25) is 0 Å². The van der Waals surface area contributed by atoms with E-state index in [1.165, 1.54) is 0 Å². The van der Waals surface area contributed by atoms with Gasteiger partial charge in [-0.15, -0.1) is 5.11 Å². The van der Waals surface area contributed by atoms with Crippen LogP contribution in [-0.2, 0) is 7.05 Å². The summed E-state index contributed by atoms with van der Waals surface area (Å²) in [5.74, 6) is 0. The molecule has 6 nitrogen and oxygen atoms in total. The molecule has 6 heteroatoms. The van der Waals surface area contributed by atoms with Gasteiger partial charge in [-0.1, -0.05) is 18.2 Å². The predicted octanol–water partition coefficient (Wildman–Crippen LogP) is 3.97. The summed E-state index contributed by atoms with van der Waals surface area (Å²) in [5, 5.41) is 8.44. The molecule has 0 saturated carbocycles. The van der Waals surface area contributed by atoms with Crippen molar-refractivity contribution >= 4 is 17.1 Å². The first-order valence-electron chi connectivity index (χ1n) is 8.02. The van der Waals surface area contributed by atoms with E-state index in [1.807, 2.05) is 87.6 Å². The van der Waals surface area contributed by atoms with Crippen LogP contribution in [0.5, 0.6) is 0 Å². The van der Waals surface area contributed by atoms with E-state index in [4.69, 9.17) is 0 Å².